The maximum atomic E-state index is 6.22. The van der Waals surface area contributed by atoms with Crippen molar-refractivity contribution in [3.05, 3.63) is 40.4 Å². The van der Waals surface area contributed by atoms with Crippen molar-refractivity contribution in [1.82, 2.24) is 0 Å². The largest absolute Gasteiger partial charge is 0.491 e. The third-order valence-corrected chi connectivity index (χ3v) is 4.05. The Morgan fingerprint density at radius 2 is 2.15 bits per heavy atom. The Balaban J connectivity index is 2.28. The van der Waals surface area contributed by atoms with Gasteiger partial charge in [-0.3, -0.25) is 0 Å². The molecule has 110 valence electrons. The van der Waals surface area contributed by atoms with Crippen LogP contribution in [0.4, 0.5) is 0 Å². The molecule has 0 N–H and O–H groups in total. The topological polar surface area (TPSA) is 9.23 Å². The second kappa shape index (κ2) is 7.17. The number of hydrogen-bond donors (Lipinski definition) is 0. The van der Waals surface area contributed by atoms with Gasteiger partial charge in [0.05, 0.1) is 6.10 Å². The predicted octanol–water partition coefficient (Wildman–Crippen LogP) is 5.82. The molecule has 0 spiro atoms. The van der Waals surface area contributed by atoms with Crippen LogP contribution in [-0.4, -0.2) is 6.10 Å². The molecule has 0 bridgehead atoms. The number of allylic oxidation sites excluding steroid dienone is 2. The first-order valence-electron chi connectivity index (χ1n) is 7.74. The Labute approximate surface area is 128 Å². The molecule has 0 saturated carbocycles. The Bertz CT molecular complexity index is 476. The first-order chi connectivity index (χ1) is 9.60. The quantitative estimate of drug-likeness (QED) is 0.665. The maximum Gasteiger partial charge on any atom is 0.123 e. The monoisotopic (exact) mass is 292 g/mol. The van der Waals surface area contributed by atoms with Crippen molar-refractivity contribution in [3.63, 3.8) is 0 Å². The molecular weight excluding hydrogens is 268 g/mol. The van der Waals surface area contributed by atoms with Crippen LogP contribution in [0.5, 0.6) is 5.75 Å². The van der Waals surface area contributed by atoms with E-state index in [2.05, 4.69) is 45.0 Å². The highest BCUT2D eigenvalue weighted by Gasteiger charge is 2.20. The summed E-state index contributed by atoms with van der Waals surface area (Å²) in [5, 5.41) is 0.995. The Kier molecular flexibility index (Phi) is 5.54. The van der Waals surface area contributed by atoms with Gasteiger partial charge >= 0.3 is 0 Å². The van der Waals surface area contributed by atoms with E-state index in [1.807, 2.05) is 0 Å². The van der Waals surface area contributed by atoms with Gasteiger partial charge in [-0.15, -0.1) is 0 Å². The van der Waals surface area contributed by atoms with Gasteiger partial charge in [0.15, 0.2) is 0 Å². The van der Waals surface area contributed by atoms with Gasteiger partial charge in [-0.25, -0.2) is 0 Å². The molecule has 1 nitrogen and oxygen atoms in total. The van der Waals surface area contributed by atoms with E-state index in [9.17, 15) is 0 Å². The number of halogens is 1. The molecule has 1 unspecified atom stereocenters. The normalized spacial score (nSPS) is 19.1. The van der Waals surface area contributed by atoms with Crippen LogP contribution in [0.3, 0.4) is 0 Å². The third-order valence-electron chi connectivity index (χ3n) is 3.74. The molecule has 1 atom stereocenters. The van der Waals surface area contributed by atoms with Crippen LogP contribution in [-0.2, 0) is 6.42 Å². The summed E-state index contributed by atoms with van der Waals surface area (Å²) in [6.45, 7) is 6.39. The summed E-state index contributed by atoms with van der Waals surface area (Å²) in [6, 6.07) is 6.73. The van der Waals surface area contributed by atoms with Crippen LogP contribution in [0, 0.1) is 0 Å². The Hall–Kier alpha value is -0.950. The average molecular weight is 293 g/mol. The lowest BCUT2D eigenvalue weighted by Gasteiger charge is -2.24. The van der Waals surface area contributed by atoms with E-state index in [0.717, 1.165) is 36.5 Å². The SMILES string of the molecule is CCCc1ccc(C2CCC=C(Cl)C2)c(OC(C)C)c1. The van der Waals surface area contributed by atoms with Gasteiger partial charge in [0.1, 0.15) is 5.75 Å². The van der Waals surface area contributed by atoms with E-state index < -0.39 is 0 Å². The van der Waals surface area contributed by atoms with E-state index in [1.54, 1.807) is 0 Å². The molecule has 0 fully saturated rings. The lowest BCUT2D eigenvalue weighted by atomic mass is 9.86. The van der Waals surface area contributed by atoms with Crippen LogP contribution >= 0.6 is 11.6 Å². The predicted molar refractivity (Wildman–Crippen MR) is 86.7 cm³/mol. The fourth-order valence-electron chi connectivity index (χ4n) is 2.84. The molecule has 1 aliphatic rings. The smallest absolute Gasteiger partial charge is 0.123 e. The summed E-state index contributed by atoms with van der Waals surface area (Å²) >= 11 is 6.22. The van der Waals surface area contributed by atoms with Crippen molar-refractivity contribution in [2.24, 2.45) is 0 Å². The van der Waals surface area contributed by atoms with Gasteiger partial charge in [0.2, 0.25) is 0 Å². The maximum absolute atomic E-state index is 6.22. The molecule has 0 saturated heterocycles. The van der Waals surface area contributed by atoms with Crippen LogP contribution in [0.2, 0.25) is 0 Å². The lowest BCUT2D eigenvalue weighted by molar-refractivity contribution is 0.238. The van der Waals surface area contributed by atoms with E-state index >= 15 is 0 Å². The van der Waals surface area contributed by atoms with Gasteiger partial charge in [-0.2, -0.15) is 0 Å². The minimum absolute atomic E-state index is 0.209. The summed E-state index contributed by atoms with van der Waals surface area (Å²) in [4.78, 5) is 0. The molecule has 0 heterocycles. The van der Waals surface area contributed by atoms with Gasteiger partial charge in [-0.1, -0.05) is 43.2 Å². The standard InChI is InChI=1S/C18H25ClO/c1-4-6-14-9-10-17(18(11-14)20-13(2)3)15-7-5-8-16(19)12-15/h8-11,13,15H,4-7,12H2,1-3H3. The van der Waals surface area contributed by atoms with E-state index in [4.69, 9.17) is 16.3 Å². The first kappa shape index (κ1) is 15.4. The summed E-state index contributed by atoms with van der Waals surface area (Å²) in [7, 11) is 0. The molecule has 2 heteroatoms. The number of rotatable bonds is 5. The van der Waals surface area contributed by atoms with Crippen LogP contribution in [0.25, 0.3) is 0 Å². The summed E-state index contributed by atoms with van der Waals surface area (Å²) < 4.78 is 6.06. The van der Waals surface area contributed by atoms with Gasteiger partial charge in [0, 0.05) is 5.03 Å². The molecule has 1 aromatic carbocycles. The summed E-state index contributed by atoms with van der Waals surface area (Å²) in [5.41, 5.74) is 2.69. The highest BCUT2D eigenvalue weighted by Crippen LogP contribution is 2.39. The summed E-state index contributed by atoms with van der Waals surface area (Å²) in [5.74, 6) is 1.55. The van der Waals surface area contributed by atoms with Crippen molar-refractivity contribution in [2.75, 3.05) is 0 Å². The van der Waals surface area contributed by atoms with Gasteiger partial charge in [0.25, 0.3) is 0 Å². The molecule has 0 amide bonds. The molecule has 1 aromatic rings. The van der Waals surface area contributed by atoms with E-state index in [0.29, 0.717) is 5.92 Å². The van der Waals surface area contributed by atoms with Crippen molar-refractivity contribution < 1.29 is 4.74 Å². The van der Waals surface area contributed by atoms with Crippen molar-refractivity contribution >= 4 is 11.6 Å². The van der Waals surface area contributed by atoms with Crippen LogP contribution in [0.15, 0.2) is 29.3 Å². The molecule has 20 heavy (non-hydrogen) atoms. The van der Waals surface area contributed by atoms with Crippen molar-refractivity contribution in [3.8, 4) is 5.75 Å². The van der Waals surface area contributed by atoms with Crippen molar-refractivity contribution in [2.45, 2.75) is 64.9 Å². The lowest BCUT2D eigenvalue weighted by Crippen LogP contribution is -2.11. The Morgan fingerprint density at radius 1 is 1.35 bits per heavy atom. The van der Waals surface area contributed by atoms with Crippen molar-refractivity contribution in [1.29, 1.82) is 0 Å². The third kappa shape index (κ3) is 4.02. The molecule has 0 aliphatic heterocycles. The zero-order valence-corrected chi connectivity index (χ0v) is 13.5. The minimum Gasteiger partial charge on any atom is -0.491 e. The number of ether oxygens (including phenoxy) is 1. The zero-order chi connectivity index (χ0) is 14.5. The number of hydrogen-bond acceptors (Lipinski definition) is 1. The average Bonchev–Trinajstić information content (AvgIpc) is 2.38. The van der Waals surface area contributed by atoms with Crippen LogP contribution in [0.1, 0.15) is 63.5 Å². The fraction of sp³-hybridized carbons (Fsp3) is 0.556. The Morgan fingerprint density at radius 3 is 2.80 bits per heavy atom. The molecule has 0 radical (unpaired) electrons. The fourth-order valence-corrected chi connectivity index (χ4v) is 3.14. The van der Waals surface area contributed by atoms with E-state index in [-0.39, 0.29) is 6.10 Å². The summed E-state index contributed by atoms with van der Waals surface area (Å²) in [6.07, 6.45) is 7.81. The van der Waals surface area contributed by atoms with Crippen LogP contribution < -0.4 is 4.74 Å². The van der Waals surface area contributed by atoms with Gasteiger partial charge < -0.3 is 4.74 Å². The van der Waals surface area contributed by atoms with E-state index in [1.165, 1.54) is 17.5 Å². The molecule has 1 aliphatic carbocycles. The molecule has 0 aromatic heterocycles. The number of benzene rings is 1. The van der Waals surface area contributed by atoms with Gasteiger partial charge in [-0.05, 0) is 62.6 Å². The molecule has 2 rings (SSSR count). The number of aryl methyl sites for hydroxylation is 1. The highest BCUT2D eigenvalue weighted by molar-refractivity contribution is 6.29. The second-order valence-electron chi connectivity index (χ2n) is 5.92. The minimum atomic E-state index is 0.209. The first-order valence-corrected chi connectivity index (χ1v) is 8.12. The highest BCUT2D eigenvalue weighted by atomic mass is 35.5. The zero-order valence-electron chi connectivity index (χ0n) is 12.8. The second-order valence-corrected chi connectivity index (χ2v) is 6.40. The molecular formula is C18H25ClO.